The van der Waals surface area contributed by atoms with Crippen molar-refractivity contribution < 1.29 is 4.79 Å². The minimum absolute atomic E-state index is 0.0720. The Morgan fingerprint density at radius 2 is 1.78 bits per heavy atom. The van der Waals surface area contributed by atoms with Crippen LogP contribution in [0.2, 0.25) is 0 Å². The van der Waals surface area contributed by atoms with E-state index in [0.717, 1.165) is 21.1 Å². The maximum atomic E-state index is 12.3. The summed E-state index contributed by atoms with van der Waals surface area (Å²) < 4.78 is 2.92. The molecule has 0 amide bonds. The Labute approximate surface area is 147 Å². The van der Waals surface area contributed by atoms with E-state index in [9.17, 15) is 4.79 Å². The highest BCUT2D eigenvalue weighted by atomic mass is 79.9. The molecule has 2 aromatic carbocycles. The van der Waals surface area contributed by atoms with Crippen LogP contribution in [0.1, 0.15) is 16.2 Å². The van der Waals surface area contributed by atoms with Gasteiger partial charge in [-0.1, -0.05) is 58.0 Å². The summed E-state index contributed by atoms with van der Waals surface area (Å²) in [6.45, 7) is 1.90. The second-order valence-electron chi connectivity index (χ2n) is 4.92. The number of hydrogen-bond acceptors (Lipinski definition) is 4. The maximum Gasteiger partial charge on any atom is 0.196 e. The fraction of sp³-hybridized carbons (Fsp3) is 0.118. The lowest BCUT2D eigenvalue weighted by atomic mass is 10.2. The van der Waals surface area contributed by atoms with Crippen LogP contribution in [0.5, 0.6) is 0 Å². The third-order valence-electron chi connectivity index (χ3n) is 3.31. The minimum Gasteiger partial charge on any atom is -0.293 e. The molecule has 0 fully saturated rings. The van der Waals surface area contributed by atoms with Gasteiger partial charge in [-0.05, 0) is 31.2 Å². The Morgan fingerprint density at radius 3 is 2.48 bits per heavy atom. The summed E-state index contributed by atoms with van der Waals surface area (Å²) in [5.74, 6) is 1.20. The van der Waals surface area contributed by atoms with E-state index in [1.165, 1.54) is 11.8 Å². The molecule has 0 spiro atoms. The predicted octanol–water partition coefficient (Wildman–Crippen LogP) is 4.31. The average Bonchev–Trinajstić information content (AvgIpc) is 2.95. The molecule has 0 saturated carbocycles. The summed E-state index contributed by atoms with van der Waals surface area (Å²) >= 11 is 4.77. The van der Waals surface area contributed by atoms with Crippen molar-refractivity contribution in [1.82, 2.24) is 14.8 Å². The number of nitrogens with zero attached hydrogens (tertiary/aromatic N) is 3. The molecule has 1 heterocycles. The lowest BCUT2D eigenvalue weighted by molar-refractivity contribution is 0.102. The SMILES string of the molecule is Cc1nnc(SCC(=O)c2ccc(Br)cc2)n1-c1ccccc1. The molecule has 0 atom stereocenters. The van der Waals surface area contributed by atoms with E-state index < -0.39 is 0 Å². The zero-order valence-corrected chi connectivity index (χ0v) is 14.8. The summed E-state index contributed by atoms with van der Waals surface area (Å²) in [4.78, 5) is 12.3. The van der Waals surface area contributed by atoms with E-state index in [0.29, 0.717) is 11.3 Å². The van der Waals surface area contributed by atoms with Gasteiger partial charge in [0.15, 0.2) is 10.9 Å². The normalized spacial score (nSPS) is 10.7. The number of aryl methyl sites for hydroxylation is 1. The molecular weight excluding hydrogens is 374 g/mol. The third kappa shape index (κ3) is 3.71. The number of halogens is 1. The van der Waals surface area contributed by atoms with E-state index in [-0.39, 0.29) is 5.78 Å². The van der Waals surface area contributed by atoms with Gasteiger partial charge in [-0.3, -0.25) is 9.36 Å². The summed E-state index contributed by atoms with van der Waals surface area (Å²) in [6.07, 6.45) is 0. The lowest BCUT2D eigenvalue weighted by Crippen LogP contribution is -2.04. The largest absolute Gasteiger partial charge is 0.293 e. The van der Waals surface area contributed by atoms with Gasteiger partial charge in [0.1, 0.15) is 5.82 Å². The van der Waals surface area contributed by atoms with Crippen molar-refractivity contribution in [2.24, 2.45) is 0 Å². The molecule has 0 bridgehead atoms. The van der Waals surface area contributed by atoms with Crippen molar-refractivity contribution in [3.8, 4) is 5.69 Å². The Bertz CT molecular complexity index is 816. The van der Waals surface area contributed by atoms with E-state index in [1.54, 1.807) is 0 Å². The van der Waals surface area contributed by atoms with Crippen LogP contribution in [0.15, 0.2) is 64.2 Å². The molecule has 1 aromatic heterocycles. The van der Waals surface area contributed by atoms with Crippen molar-refractivity contribution in [1.29, 1.82) is 0 Å². The fourth-order valence-corrected chi connectivity index (χ4v) is 3.32. The zero-order chi connectivity index (χ0) is 16.2. The number of carbonyl (C=O) groups is 1. The molecule has 0 radical (unpaired) electrons. The second-order valence-corrected chi connectivity index (χ2v) is 6.78. The molecule has 116 valence electrons. The highest BCUT2D eigenvalue weighted by molar-refractivity contribution is 9.10. The fourth-order valence-electron chi connectivity index (χ4n) is 2.16. The van der Waals surface area contributed by atoms with Gasteiger partial charge in [0.05, 0.1) is 5.75 Å². The third-order valence-corrected chi connectivity index (χ3v) is 4.77. The minimum atomic E-state index is 0.0720. The molecule has 6 heteroatoms. The number of para-hydroxylation sites is 1. The molecule has 0 N–H and O–H groups in total. The van der Waals surface area contributed by atoms with Gasteiger partial charge in [-0.2, -0.15) is 0 Å². The first-order valence-corrected chi connectivity index (χ1v) is 8.82. The van der Waals surface area contributed by atoms with Crippen LogP contribution in [0.25, 0.3) is 5.69 Å². The van der Waals surface area contributed by atoms with Gasteiger partial charge in [-0.25, -0.2) is 0 Å². The molecule has 4 nitrogen and oxygen atoms in total. The zero-order valence-electron chi connectivity index (χ0n) is 12.4. The van der Waals surface area contributed by atoms with Crippen molar-refractivity contribution in [2.45, 2.75) is 12.1 Å². The Morgan fingerprint density at radius 1 is 1.09 bits per heavy atom. The number of ketones is 1. The number of thioether (sulfide) groups is 1. The van der Waals surface area contributed by atoms with Crippen LogP contribution < -0.4 is 0 Å². The maximum absolute atomic E-state index is 12.3. The lowest BCUT2D eigenvalue weighted by Gasteiger charge is -2.07. The Hall–Kier alpha value is -1.92. The highest BCUT2D eigenvalue weighted by Gasteiger charge is 2.14. The van der Waals surface area contributed by atoms with E-state index >= 15 is 0 Å². The van der Waals surface area contributed by atoms with Gasteiger partial charge < -0.3 is 0 Å². The van der Waals surface area contributed by atoms with Gasteiger partial charge in [0.25, 0.3) is 0 Å². The smallest absolute Gasteiger partial charge is 0.196 e. The molecule has 0 aliphatic rings. The van der Waals surface area contributed by atoms with Gasteiger partial charge in [0, 0.05) is 15.7 Å². The topological polar surface area (TPSA) is 47.8 Å². The molecule has 3 rings (SSSR count). The number of hydrogen-bond donors (Lipinski definition) is 0. The number of benzene rings is 2. The van der Waals surface area contributed by atoms with Crippen LogP contribution in [0.4, 0.5) is 0 Å². The number of rotatable bonds is 5. The molecule has 0 aliphatic heterocycles. The van der Waals surface area contributed by atoms with Crippen LogP contribution in [-0.2, 0) is 0 Å². The van der Waals surface area contributed by atoms with Crippen molar-refractivity contribution in [3.05, 3.63) is 70.5 Å². The van der Waals surface area contributed by atoms with Crippen LogP contribution in [0, 0.1) is 6.92 Å². The molecular formula is C17H14BrN3OS. The molecule has 0 aliphatic carbocycles. The first kappa shape index (κ1) is 16.0. The quantitative estimate of drug-likeness (QED) is 0.483. The van der Waals surface area contributed by atoms with Gasteiger partial charge in [-0.15, -0.1) is 10.2 Å². The standard InChI is InChI=1S/C17H14BrN3OS/c1-12-19-20-17(21(12)15-5-3-2-4-6-15)23-11-16(22)13-7-9-14(18)10-8-13/h2-10H,11H2,1H3. The average molecular weight is 388 g/mol. The Balaban J connectivity index is 1.77. The Kier molecular flexibility index (Phi) is 4.93. The van der Waals surface area contributed by atoms with Crippen molar-refractivity contribution in [3.63, 3.8) is 0 Å². The number of aromatic nitrogens is 3. The highest BCUT2D eigenvalue weighted by Crippen LogP contribution is 2.22. The summed E-state index contributed by atoms with van der Waals surface area (Å²) in [7, 11) is 0. The summed E-state index contributed by atoms with van der Waals surface area (Å²) in [5.41, 5.74) is 1.69. The monoisotopic (exact) mass is 387 g/mol. The summed E-state index contributed by atoms with van der Waals surface area (Å²) in [6, 6.07) is 17.3. The van der Waals surface area contributed by atoms with Crippen LogP contribution in [-0.4, -0.2) is 26.3 Å². The van der Waals surface area contributed by atoms with E-state index in [1.807, 2.05) is 66.1 Å². The molecule has 23 heavy (non-hydrogen) atoms. The van der Waals surface area contributed by atoms with Gasteiger partial charge >= 0.3 is 0 Å². The van der Waals surface area contributed by atoms with Gasteiger partial charge in [0.2, 0.25) is 0 Å². The van der Waals surface area contributed by atoms with Crippen LogP contribution in [0.3, 0.4) is 0 Å². The first-order chi connectivity index (χ1) is 11.1. The number of carbonyl (C=O) groups excluding carboxylic acids is 1. The van der Waals surface area contributed by atoms with E-state index in [2.05, 4.69) is 26.1 Å². The predicted molar refractivity (Wildman–Crippen MR) is 95.3 cm³/mol. The summed E-state index contributed by atoms with van der Waals surface area (Å²) in [5, 5.41) is 9.04. The van der Waals surface area contributed by atoms with E-state index in [4.69, 9.17) is 0 Å². The molecule has 0 saturated heterocycles. The molecule has 3 aromatic rings. The van der Waals surface area contributed by atoms with Crippen LogP contribution >= 0.6 is 27.7 Å². The molecule has 0 unspecified atom stereocenters. The second kappa shape index (κ2) is 7.10. The number of Topliss-reactive ketones (excluding diaryl/α,β-unsaturated/α-hetero) is 1. The first-order valence-electron chi connectivity index (χ1n) is 7.04. The van der Waals surface area contributed by atoms with Crippen molar-refractivity contribution >= 4 is 33.5 Å². The van der Waals surface area contributed by atoms with Crippen molar-refractivity contribution in [2.75, 3.05) is 5.75 Å².